The van der Waals surface area contributed by atoms with Crippen molar-refractivity contribution in [1.29, 1.82) is 0 Å². The fourth-order valence-electron chi connectivity index (χ4n) is 3.54. The maximum absolute atomic E-state index is 6.81. The smallest absolute Gasteiger partial charge is 0.192 e. The lowest BCUT2D eigenvalue weighted by atomic mass is 10.1. The van der Waals surface area contributed by atoms with E-state index in [9.17, 15) is 0 Å². The minimum absolute atomic E-state index is 0.315. The van der Waals surface area contributed by atoms with Crippen molar-refractivity contribution in [1.82, 2.24) is 0 Å². The molecule has 0 aliphatic carbocycles. The zero-order valence-electron chi connectivity index (χ0n) is 17.0. The van der Waals surface area contributed by atoms with E-state index in [-0.39, 0.29) is 0 Å². The summed E-state index contributed by atoms with van der Waals surface area (Å²) in [6.07, 6.45) is 15.7. The number of hydrogen-bond acceptors (Lipinski definition) is 2. The molecule has 1 rings (SSSR count). The molecule has 0 bridgehead atoms. The monoisotopic (exact) mass is 354 g/mol. The van der Waals surface area contributed by atoms with Crippen LogP contribution in [0.25, 0.3) is 0 Å². The fraction of sp³-hybridized carbons (Fsp3) is 0.905. The first-order chi connectivity index (χ1) is 11.7. The van der Waals surface area contributed by atoms with Crippen LogP contribution in [0.15, 0.2) is 12.2 Å². The number of allylic oxidation sites excluding steroid dienone is 1. The second kappa shape index (κ2) is 12.3. The molecule has 3 atom stereocenters. The zero-order valence-corrected chi connectivity index (χ0v) is 18.0. The van der Waals surface area contributed by atoms with Crippen molar-refractivity contribution < 1.29 is 9.16 Å². The standard InChI is InChI=1S/C21H42O2Si/c1-6-11-13-14-16-17-19-21(22-19)20(18-15-12-7-2)23-24(8-3,9-4)10-5/h16-17,19-21H,6-15,18H2,1-5H3/b17-16+/t19-,20-,21-/m1/s1. The van der Waals surface area contributed by atoms with Crippen molar-refractivity contribution in [2.45, 2.75) is 122 Å². The van der Waals surface area contributed by atoms with Gasteiger partial charge in [0, 0.05) is 0 Å². The van der Waals surface area contributed by atoms with Gasteiger partial charge in [-0.1, -0.05) is 78.9 Å². The van der Waals surface area contributed by atoms with Crippen molar-refractivity contribution in [3.05, 3.63) is 12.2 Å². The van der Waals surface area contributed by atoms with Crippen LogP contribution in [0, 0.1) is 0 Å². The molecule has 0 saturated carbocycles. The Bertz CT molecular complexity index is 330. The molecule has 1 aliphatic heterocycles. The number of rotatable bonds is 15. The van der Waals surface area contributed by atoms with E-state index in [2.05, 4.69) is 46.8 Å². The maximum atomic E-state index is 6.81. The lowest BCUT2D eigenvalue weighted by Gasteiger charge is -2.33. The summed E-state index contributed by atoms with van der Waals surface area (Å²) in [4.78, 5) is 0. The summed E-state index contributed by atoms with van der Waals surface area (Å²) in [7, 11) is -1.55. The Kier molecular flexibility index (Phi) is 11.2. The van der Waals surface area contributed by atoms with Crippen molar-refractivity contribution in [3.8, 4) is 0 Å². The molecule has 142 valence electrons. The van der Waals surface area contributed by atoms with Crippen LogP contribution >= 0.6 is 0 Å². The third kappa shape index (κ3) is 7.41. The molecular weight excluding hydrogens is 312 g/mol. The van der Waals surface area contributed by atoms with Crippen LogP contribution in [0.2, 0.25) is 18.1 Å². The third-order valence-corrected chi connectivity index (χ3v) is 10.3. The number of unbranched alkanes of at least 4 members (excludes halogenated alkanes) is 5. The lowest BCUT2D eigenvalue weighted by Crippen LogP contribution is -2.42. The maximum Gasteiger partial charge on any atom is 0.192 e. The number of epoxide rings is 1. The van der Waals surface area contributed by atoms with Gasteiger partial charge in [-0.25, -0.2) is 0 Å². The molecule has 0 aromatic rings. The SMILES string of the molecule is CCCCC/C=C/[C@H]1O[C@H]1[C@@H](CCCCC)O[Si](CC)(CC)CC. The van der Waals surface area contributed by atoms with Gasteiger partial charge >= 0.3 is 0 Å². The fourth-order valence-corrected chi connectivity index (χ4v) is 6.43. The minimum atomic E-state index is -1.55. The molecule has 0 amide bonds. The van der Waals surface area contributed by atoms with Gasteiger partial charge in [0.2, 0.25) is 0 Å². The summed E-state index contributed by atoms with van der Waals surface area (Å²) in [5, 5.41) is 0. The van der Waals surface area contributed by atoms with E-state index in [0.29, 0.717) is 18.3 Å². The predicted molar refractivity (Wildman–Crippen MR) is 108 cm³/mol. The van der Waals surface area contributed by atoms with Crippen molar-refractivity contribution in [2.75, 3.05) is 0 Å². The number of hydrogen-bond donors (Lipinski definition) is 0. The first kappa shape index (κ1) is 21.9. The summed E-state index contributed by atoms with van der Waals surface area (Å²) in [6, 6.07) is 3.69. The van der Waals surface area contributed by atoms with Gasteiger partial charge in [-0.15, -0.1) is 0 Å². The predicted octanol–water partition coefficient (Wildman–Crippen LogP) is 6.86. The first-order valence-corrected chi connectivity index (χ1v) is 13.2. The largest absolute Gasteiger partial charge is 0.411 e. The molecule has 0 aromatic heterocycles. The summed E-state index contributed by atoms with van der Waals surface area (Å²) < 4.78 is 12.8. The van der Waals surface area contributed by atoms with Crippen LogP contribution in [-0.2, 0) is 9.16 Å². The van der Waals surface area contributed by atoms with E-state index in [1.165, 1.54) is 69.5 Å². The molecule has 2 nitrogen and oxygen atoms in total. The van der Waals surface area contributed by atoms with Crippen LogP contribution in [0.3, 0.4) is 0 Å². The molecule has 0 radical (unpaired) electrons. The van der Waals surface area contributed by atoms with Crippen LogP contribution in [0.4, 0.5) is 0 Å². The van der Waals surface area contributed by atoms with E-state index >= 15 is 0 Å². The molecule has 1 fully saturated rings. The molecule has 0 spiro atoms. The molecule has 1 saturated heterocycles. The van der Waals surface area contributed by atoms with Gasteiger partial charge in [0.15, 0.2) is 8.32 Å². The van der Waals surface area contributed by atoms with Gasteiger partial charge in [-0.3, -0.25) is 0 Å². The van der Waals surface area contributed by atoms with Gasteiger partial charge in [0.25, 0.3) is 0 Å². The molecule has 1 heterocycles. The van der Waals surface area contributed by atoms with E-state index in [1.54, 1.807) is 0 Å². The van der Waals surface area contributed by atoms with Crippen LogP contribution in [-0.4, -0.2) is 26.6 Å². The molecular formula is C21H42O2Si. The Labute approximate surface area is 152 Å². The van der Waals surface area contributed by atoms with E-state index in [1.807, 2.05) is 0 Å². The Balaban J connectivity index is 2.54. The molecule has 0 unspecified atom stereocenters. The Hall–Kier alpha value is -0.123. The topological polar surface area (TPSA) is 21.8 Å². The highest BCUT2D eigenvalue weighted by atomic mass is 28.4. The summed E-state index contributed by atoms with van der Waals surface area (Å²) in [6.45, 7) is 11.5. The van der Waals surface area contributed by atoms with Gasteiger partial charge < -0.3 is 9.16 Å². The normalized spacial score (nSPS) is 22.2. The Morgan fingerprint density at radius 2 is 1.54 bits per heavy atom. The molecule has 0 aromatic carbocycles. The second-order valence-corrected chi connectivity index (χ2v) is 12.1. The van der Waals surface area contributed by atoms with Gasteiger partial charge in [-0.05, 0) is 37.4 Å². The lowest BCUT2D eigenvalue weighted by molar-refractivity contribution is 0.135. The molecule has 1 aliphatic rings. The Morgan fingerprint density at radius 3 is 2.12 bits per heavy atom. The summed E-state index contributed by atoms with van der Waals surface area (Å²) in [5.74, 6) is 0. The van der Waals surface area contributed by atoms with Crippen LogP contribution in [0.1, 0.15) is 86.0 Å². The molecule has 3 heteroatoms. The average Bonchev–Trinajstić information content (AvgIpc) is 3.38. The Morgan fingerprint density at radius 1 is 0.917 bits per heavy atom. The highest BCUT2D eigenvalue weighted by Crippen LogP contribution is 2.35. The van der Waals surface area contributed by atoms with Crippen LogP contribution < -0.4 is 0 Å². The van der Waals surface area contributed by atoms with Crippen LogP contribution in [0.5, 0.6) is 0 Å². The van der Waals surface area contributed by atoms with Gasteiger partial charge in [0.05, 0.1) is 6.10 Å². The van der Waals surface area contributed by atoms with Crippen molar-refractivity contribution in [3.63, 3.8) is 0 Å². The highest BCUT2D eigenvalue weighted by molar-refractivity contribution is 6.73. The summed E-state index contributed by atoms with van der Waals surface area (Å²) in [5.41, 5.74) is 0. The van der Waals surface area contributed by atoms with Crippen molar-refractivity contribution >= 4 is 8.32 Å². The summed E-state index contributed by atoms with van der Waals surface area (Å²) >= 11 is 0. The number of ether oxygens (including phenoxy) is 1. The van der Waals surface area contributed by atoms with Gasteiger partial charge in [-0.2, -0.15) is 0 Å². The van der Waals surface area contributed by atoms with Crippen molar-refractivity contribution in [2.24, 2.45) is 0 Å². The first-order valence-electron chi connectivity index (χ1n) is 10.7. The molecule has 24 heavy (non-hydrogen) atoms. The van der Waals surface area contributed by atoms with E-state index in [0.717, 1.165) is 0 Å². The van der Waals surface area contributed by atoms with Gasteiger partial charge in [0.1, 0.15) is 12.2 Å². The zero-order chi connectivity index (χ0) is 17.8. The van der Waals surface area contributed by atoms with E-state index < -0.39 is 8.32 Å². The quantitative estimate of drug-likeness (QED) is 0.139. The highest BCUT2D eigenvalue weighted by Gasteiger charge is 2.46. The molecule has 0 N–H and O–H groups in total. The average molecular weight is 355 g/mol. The minimum Gasteiger partial charge on any atom is -0.411 e. The van der Waals surface area contributed by atoms with E-state index in [4.69, 9.17) is 9.16 Å². The third-order valence-electron chi connectivity index (χ3n) is 5.65. The second-order valence-electron chi connectivity index (χ2n) is 7.39.